The lowest BCUT2D eigenvalue weighted by Crippen LogP contribution is -2.47. The van der Waals surface area contributed by atoms with Gasteiger partial charge in [0.05, 0.1) is 0 Å². The third-order valence-electron chi connectivity index (χ3n) is 4.75. The van der Waals surface area contributed by atoms with E-state index in [1.54, 1.807) is 0 Å². The molecule has 0 unspecified atom stereocenters. The van der Waals surface area contributed by atoms with Crippen molar-refractivity contribution in [2.24, 2.45) is 5.92 Å². The fourth-order valence-electron chi connectivity index (χ4n) is 3.45. The van der Waals surface area contributed by atoms with Crippen molar-refractivity contribution in [1.29, 1.82) is 0 Å². The summed E-state index contributed by atoms with van der Waals surface area (Å²) >= 11 is 6.23. The Kier molecular flexibility index (Phi) is 7.76. The first kappa shape index (κ1) is 19.9. The number of aromatic hydroxyl groups is 1. The van der Waals surface area contributed by atoms with Crippen molar-refractivity contribution in [3.8, 4) is 5.75 Å². The topological polar surface area (TPSA) is 35.5 Å². The first-order valence-corrected chi connectivity index (χ1v) is 7.98. The molecule has 126 valence electrons. The summed E-state index contributed by atoms with van der Waals surface area (Å²) in [5.74, 6) is 1.10. The van der Waals surface area contributed by atoms with Crippen LogP contribution in [0.4, 0.5) is 0 Å². The fraction of sp³-hybridized carbons (Fsp3) is 0.625. The van der Waals surface area contributed by atoms with Crippen molar-refractivity contribution in [2.75, 3.05) is 26.2 Å². The monoisotopic (exact) mass is 366 g/mol. The Balaban J connectivity index is 0.00000121. The normalized spacial score (nSPS) is 20.5. The molecule has 1 aromatic carbocycles. The van der Waals surface area contributed by atoms with Crippen LogP contribution in [0, 0.1) is 12.8 Å². The lowest BCUT2D eigenvalue weighted by atomic mass is 9.76. The molecule has 0 bridgehead atoms. The molecule has 0 spiro atoms. The van der Waals surface area contributed by atoms with Gasteiger partial charge in [-0.3, -0.25) is 4.90 Å². The third kappa shape index (κ3) is 4.01. The molecule has 0 radical (unpaired) electrons. The van der Waals surface area contributed by atoms with Crippen LogP contribution in [0.15, 0.2) is 12.1 Å². The molecule has 0 aromatic heterocycles. The molecule has 3 rings (SSSR count). The summed E-state index contributed by atoms with van der Waals surface area (Å²) in [6, 6.07) is 4.13. The minimum absolute atomic E-state index is 0. The molecule has 1 heterocycles. The second-order valence-electron chi connectivity index (χ2n) is 6.08. The number of hydrogen-bond donors (Lipinski definition) is 2. The maximum Gasteiger partial charge on any atom is 0.123 e. The second-order valence-corrected chi connectivity index (χ2v) is 6.52. The van der Waals surface area contributed by atoms with Gasteiger partial charge in [0.2, 0.25) is 0 Å². The van der Waals surface area contributed by atoms with Gasteiger partial charge in [0.25, 0.3) is 0 Å². The van der Waals surface area contributed by atoms with E-state index in [0.717, 1.165) is 42.3 Å². The van der Waals surface area contributed by atoms with Gasteiger partial charge in [-0.25, -0.2) is 0 Å². The maximum absolute atomic E-state index is 10.5. The van der Waals surface area contributed by atoms with Gasteiger partial charge in [-0.15, -0.1) is 24.8 Å². The molecule has 1 atom stereocenters. The van der Waals surface area contributed by atoms with Crippen LogP contribution in [0.5, 0.6) is 5.75 Å². The van der Waals surface area contributed by atoms with Crippen molar-refractivity contribution < 1.29 is 5.11 Å². The Labute approximate surface area is 150 Å². The van der Waals surface area contributed by atoms with E-state index in [4.69, 9.17) is 11.6 Å². The van der Waals surface area contributed by atoms with Crippen LogP contribution >= 0.6 is 36.4 Å². The van der Waals surface area contributed by atoms with Crippen molar-refractivity contribution in [1.82, 2.24) is 10.2 Å². The zero-order valence-corrected chi connectivity index (χ0v) is 15.2. The molecule has 6 heteroatoms. The van der Waals surface area contributed by atoms with Gasteiger partial charge in [-0.2, -0.15) is 0 Å². The van der Waals surface area contributed by atoms with Gasteiger partial charge in [0, 0.05) is 42.8 Å². The predicted octanol–water partition coefficient (Wildman–Crippen LogP) is 3.94. The van der Waals surface area contributed by atoms with E-state index < -0.39 is 0 Å². The van der Waals surface area contributed by atoms with Gasteiger partial charge < -0.3 is 10.4 Å². The number of piperazine rings is 1. The molecule has 2 N–H and O–H groups in total. The highest BCUT2D eigenvalue weighted by molar-refractivity contribution is 6.30. The first-order chi connectivity index (χ1) is 9.66. The van der Waals surface area contributed by atoms with Crippen molar-refractivity contribution in [2.45, 2.75) is 32.2 Å². The lowest BCUT2D eigenvalue weighted by Gasteiger charge is -2.43. The molecule has 2 aliphatic rings. The van der Waals surface area contributed by atoms with Crippen molar-refractivity contribution in [3.63, 3.8) is 0 Å². The average Bonchev–Trinajstić information content (AvgIpc) is 2.39. The highest BCUT2D eigenvalue weighted by Gasteiger charge is 2.35. The molecule has 1 aromatic rings. The van der Waals surface area contributed by atoms with E-state index in [1.165, 1.54) is 19.3 Å². The molecular formula is C16H25Cl3N2O. The first-order valence-electron chi connectivity index (χ1n) is 7.60. The van der Waals surface area contributed by atoms with E-state index in [2.05, 4.69) is 10.2 Å². The molecule has 0 amide bonds. The van der Waals surface area contributed by atoms with E-state index in [0.29, 0.717) is 17.7 Å². The third-order valence-corrected chi connectivity index (χ3v) is 4.97. The van der Waals surface area contributed by atoms with E-state index in [1.807, 2.05) is 19.1 Å². The summed E-state index contributed by atoms with van der Waals surface area (Å²) in [5, 5.41) is 14.6. The fourth-order valence-corrected chi connectivity index (χ4v) is 3.73. The SMILES string of the molecule is Cc1cc(Cl)cc([C@@H](C2CCC2)N2CCNCC2)c1O.Cl.Cl. The molecule has 1 saturated heterocycles. The molecule has 2 fully saturated rings. The summed E-state index contributed by atoms with van der Waals surface area (Å²) in [7, 11) is 0. The number of rotatable bonds is 3. The largest absolute Gasteiger partial charge is 0.507 e. The van der Waals surface area contributed by atoms with Crippen LogP contribution < -0.4 is 5.32 Å². The molecular weight excluding hydrogens is 343 g/mol. The number of halogens is 3. The van der Waals surface area contributed by atoms with Crippen LogP contribution in [-0.4, -0.2) is 36.2 Å². The summed E-state index contributed by atoms with van der Waals surface area (Å²) in [4.78, 5) is 2.52. The van der Waals surface area contributed by atoms with Crippen molar-refractivity contribution >= 4 is 36.4 Å². The smallest absolute Gasteiger partial charge is 0.123 e. The van der Waals surface area contributed by atoms with E-state index in [9.17, 15) is 5.11 Å². The predicted molar refractivity (Wildman–Crippen MR) is 96.9 cm³/mol. The number of nitrogens with zero attached hydrogens (tertiary/aromatic N) is 1. The maximum atomic E-state index is 10.5. The zero-order chi connectivity index (χ0) is 14.1. The van der Waals surface area contributed by atoms with Crippen LogP contribution in [0.3, 0.4) is 0 Å². The summed E-state index contributed by atoms with van der Waals surface area (Å²) in [5.41, 5.74) is 1.91. The summed E-state index contributed by atoms with van der Waals surface area (Å²) in [6.45, 7) is 6.09. The Hall–Kier alpha value is -0.190. The highest BCUT2D eigenvalue weighted by Crippen LogP contribution is 2.45. The number of benzene rings is 1. The van der Waals surface area contributed by atoms with E-state index >= 15 is 0 Å². The summed E-state index contributed by atoms with van der Waals surface area (Å²) < 4.78 is 0. The number of phenolic OH excluding ortho intramolecular Hbond substituents is 1. The van der Waals surface area contributed by atoms with E-state index in [-0.39, 0.29) is 24.8 Å². The Morgan fingerprint density at radius 2 is 1.86 bits per heavy atom. The number of hydrogen-bond acceptors (Lipinski definition) is 3. The van der Waals surface area contributed by atoms with Gasteiger partial charge in [-0.1, -0.05) is 18.0 Å². The molecule has 1 aliphatic heterocycles. The number of phenols is 1. The average molecular weight is 368 g/mol. The highest BCUT2D eigenvalue weighted by atomic mass is 35.5. The Morgan fingerprint density at radius 1 is 1.23 bits per heavy atom. The standard InChI is InChI=1S/C16H23ClN2O.2ClH/c1-11-9-13(17)10-14(16(11)20)15(12-3-2-4-12)19-7-5-18-6-8-19;;/h9-10,12,15,18,20H,2-8H2,1H3;2*1H/t15-;;/m1../s1. The van der Waals surface area contributed by atoms with Gasteiger partial charge in [0.15, 0.2) is 0 Å². The van der Waals surface area contributed by atoms with Crippen LogP contribution in [0.25, 0.3) is 0 Å². The Bertz CT molecular complexity index is 489. The van der Waals surface area contributed by atoms with Crippen LogP contribution in [0.2, 0.25) is 5.02 Å². The molecule has 1 aliphatic carbocycles. The van der Waals surface area contributed by atoms with Crippen molar-refractivity contribution in [3.05, 3.63) is 28.3 Å². The number of aryl methyl sites for hydroxylation is 1. The molecule has 1 saturated carbocycles. The lowest BCUT2D eigenvalue weighted by molar-refractivity contribution is 0.0819. The molecule has 22 heavy (non-hydrogen) atoms. The summed E-state index contributed by atoms with van der Waals surface area (Å²) in [6.07, 6.45) is 3.84. The zero-order valence-electron chi connectivity index (χ0n) is 12.8. The molecule has 3 nitrogen and oxygen atoms in total. The number of nitrogens with one attached hydrogen (secondary N) is 1. The van der Waals surface area contributed by atoms with Crippen LogP contribution in [-0.2, 0) is 0 Å². The van der Waals surface area contributed by atoms with Gasteiger partial charge >= 0.3 is 0 Å². The minimum atomic E-state index is 0. The van der Waals surface area contributed by atoms with Crippen LogP contribution in [0.1, 0.15) is 36.4 Å². The van der Waals surface area contributed by atoms with Gasteiger partial charge in [0.1, 0.15) is 5.75 Å². The Morgan fingerprint density at radius 3 is 2.41 bits per heavy atom. The minimum Gasteiger partial charge on any atom is -0.507 e. The second kappa shape index (κ2) is 8.60. The quantitative estimate of drug-likeness (QED) is 0.849. The van der Waals surface area contributed by atoms with Gasteiger partial charge in [-0.05, 0) is 43.4 Å².